The van der Waals surface area contributed by atoms with Gasteiger partial charge in [0.05, 0.1) is 18.8 Å². The standard InChI is InChI=1S/C38H43N7O3/c1-27-9-7-12-30-13-8-14-34(35(27)30)43-18-16-32-33(24-43)40-37(47-26-29-15-17-42(3)22-29)41-36(32)44-19-20-45(31(23-44)21-39-2)38(46)48-25-28-10-5-4-6-11-28/h4-14,29,31H,15-26H2,1,3H3/t29-,31+/m1/s1. The summed E-state index contributed by atoms with van der Waals surface area (Å²) in [7, 11) is 2.15. The van der Waals surface area contributed by atoms with Crippen LogP contribution in [-0.2, 0) is 24.3 Å². The smallest absolute Gasteiger partial charge is 0.410 e. The van der Waals surface area contributed by atoms with E-state index in [9.17, 15) is 4.79 Å². The Balaban J connectivity index is 1.15. The van der Waals surface area contributed by atoms with Crippen molar-refractivity contribution in [2.75, 3.05) is 69.3 Å². The van der Waals surface area contributed by atoms with E-state index in [2.05, 4.69) is 69.9 Å². The van der Waals surface area contributed by atoms with E-state index >= 15 is 0 Å². The summed E-state index contributed by atoms with van der Waals surface area (Å²) in [6.07, 6.45) is 1.50. The second-order valence-corrected chi connectivity index (χ2v) is 13.3. The number of amides is 1. The molecule has 2 atom stereocenters. The number of anilines is 2. The fourth-order valence-electron chi connectivity index (χ4n) is 7.40. The molecule has 0 radical (unpaired) electrons. The van der Waals surface area contributed by atoms with Gasteiger partial charge in [-0.3, -0.25) is 4.90 Å². The molecule has 0 aliphatic carbocycles. The monoisotopic (exact) mass is 645 g/mol. The lowest BCUT2D eigenvalue weighted by Gasteiger charge is -2.40. The minimum Gasteiger partial charge on any atom is -0.463 e. The van der Waals surface area contributed by atoms with Crippen molar-refractivity contribution < 1.29 is 14.3 Å². The number of hydrogen-bond acceptors (Lipinski definition) is 8. The first kappa shape index (κ1) is 31.7. The number of fused-ring (bicyclic) bond motifs is 2. The van der Waals surface area contributed by atoms with Crippen LogP contribution in [0.3, 0.4) is 0 Å². The van der Waals surface area contributed by atoms with Gasteiger partial charge >= 0.3 is 12.1 Å². The van der Waals surface area contributed by atoms with Crippen LogP contribution < -0.4 is 14.5 Å². The molecule has 4 heterocycles. The fraction of sp³-hybridized carbons (Fsp3) is 0.421. The van der Waals surface area contributed by atoms with Crippen molar-refractivity contribution in [2.45, 2.75) is 39.0 Å². The molecule has 3 aliphatic heterocycles. The number of aromatic nitrogens is 2. The SMILES string of the molecule is [C-]#[N+]C[C@H]1CN(c2nc(OC[C@@H]3CCN(C)C3)nc3c2CCN(c2cccc4cccc(C)c24)C3)CCN1C(=O)OCc1ccccc1. The van der Waals surface area contributed by atoms with Crippen LogP contribution in [0.4, 0.5) is 16.3 Å². The van der Waals surface area contributed by atoms with Gasteiger partial charge in [-0.15, -0.1) is 0 Å². The Labute approximate surface area is 282 Å². The molecule has 3 aromatic carbocycles. The molecule has 48 heavy (non-hydrogen) atoms. The summed E-state index contributed by atoms with van der Waals surface area (Å²) in [4.78, 5) is 35.7. The number of benzene rings is 3. The lowest BCUT2D eigenvalue weighted by molar-refractivity contribution is 0.0788. The zero-order valence-corrected chi connectivity index (χ0v) is 27.8. The van der Waals surface area contributed by atoms with Crippen molar-refractivity contribution in [2.24, 2.45) is 5.92 Å². The van der Waals surface area contributed by atoms with Crippen LogP contribution in [-0.4, -0.2) is 91.4 Å². The summed E-state index contributed by atoms with van der Waals surface area (Å²) in [5.74, 6) is 1.31. The molecule has 4 aromatic rings. The molecule has 10 heteroatoms. The van der Waals surface area contributed by atoms with Gasteiger partial charge in [-0.1, -0.05) is 60.7 Å². The molecule has 3 aliphatic rings. The molecule has 2 fully saturated rings. The normalized spacial score (nSPS) is 19.6. The molecule has 7 rings (SSSR count). The lowest BCUT2D eigenvalue weighted by atomic mass is 9.99. The number of aryl methyl sites for hydroxylation is 1. The Morgan fingerprint density at radius 3 is 2.58 bits per heavy atom. The molecule has 2 saturated heterocycles. The second kappa shape index (κ2) is 14.1. The maximum Gasteiger partial charge on any atom is 0.410 e. The molecule has 0 saturated carbocycles. The third-order valence-corrected chi connectivity index (χ3v) is 9.92. The Kier molecular flexibility index (Phi) is 9.30. The molecule has 1 aromatic heterocycles. The van der Waals surface area contributed by atoms with Crippen LogP contribution in [0.5, 0.6) is 6.01 Å². The summed E-state index contributed by atoms with van der Waals surface area (Å²) in [6.45, 7) is 15.9. The van der Waals surface area contributed by atoms with Gasteiger partial charge in [0.2, 0.25) is 6.54 Å². The number of nitrogens with zero attached hydrogens (tertiary/aromatic N) is 7. The first-order chi connectivity index (χ1) is 23.5. The highest BCUT2D eigenvalue weighted by Crippen LogP contribution is 2.36. The van der Waals surface area contributed by atoms with E-state index in [0.29, 0.717) is 44.7 Å². The molecule has 0 N–H and O–H groups in total. The Bertz CT molecular complexity index is 1800. The Hall–Kier alpha value is -4.88. The van der Waals surface area contributed by atoms with E-state index in [1.807, 2.05) is 30.3 Å². The summed E-state index contributed by atoms with van der Waals surface area (Å²) in [5.41, 5.74) is 5.50. The topological polar surface area (TPSA) is 78.6 Å². The molecule has 0 spiro atoms. The largest absolute Gasteiger partial charge is 0.463 e. The number of likely N-dealkylation sites (tertiary alicyclic amines) is 1. The molecular formula is C38H43N7O3. The van der Waals surface area contributed by atoms with Crippen LogP contribution in [0.1, 0.15) is 28.8 Å². The van der Waals surface area contributed by atoms with Crippen molar-refractivity contribution in [3.8, 4) is 6.01 Å². The highest BCUT2D eigenvalue weighted by atomic mass is 16.6. The third kappa shape index (κ3) is 6.74. The van der Waals surface area contributed by atoms with E-state index in [1.165, 1.54) is 22.0 Å². The van der Waals surface area contributed by atoms with Crippen LogP contribution in [0, 0.1) is 19.4 Å². The van der Waals surface area contributed by atoms with Gasteiger partial charge in [0.25, 0.3) is 0 Å². The Morgan fingerprint density at radius 2 is 1.79 bits per heavy atom. The van der Waals surface area contributed by atoms with Gasteiger partial charge in [0.1, 0.15) is 18.5 Å². The molecule has 0 unspecified atom stereocenters. The molecular weight excluding hydrogens is 602 g/mol. The third-order valence-electron chi connectivity index (χ3n) is 9.92. The fourth-order valence-corrected chi connectivity index (χ4v) is 7.40. The van der Waals surface area contributed by atoms with Crippen LogP contribution in [0.25, 0.3) is 15.6 Å². The summed E-state index contributed by atoms with van der Waals surface area (Å²) >= 11 is 0. The zero-order chi connectivity index (χ0) is 33.0. The number of hydrogen-bond donors (Lipinski definition) is 0. The first-order valence-electron chi connectivity index (χ1n) is 17.0. The van der Waals surface area contributed by atoms with Crippen molar-refractivity contribution in [1.29, 1.82) is 0 Å². The minimum atomic E-state index is -0.386. The van der Waals surface area contributed by atoms with Crippen molar-refractivity contribution in [1.82, 2.24) is 19.8 Å². The minimum absolute atomic E-state index is 0.191. The molecule has 10 nitrogen and oxygen atoms in total. The van der Waals surface area contributed by atoms with E-state index < -0.39 is 0 Å². The molecule has 248 valence electrons. The van der Waals surface area contributed by atoms with Crippen molar-refractivity contribution in [3.05, 3.63) is 101 Å². The lowest BCUT2D eigenvalue weighted by Crippen LogP contribution is -2.57. The van der Waals surface area contributed by atoms with Gasteiger partial charge in [0, 0.05) is 55.3 Å². The Morgan fingerprint density at radius 1 is 0.958 bits per heavy atom. The van der Waals surface area contributed by atoms with Crippen molar-refractivity contribution in [3.63, 3.8) is 0 Å². The summed E-state index contributed by atoms with van der Waals surface area (Å²) in [6, 6.07) is 22.7. The summed E-state index contributed by atoms with van der Waals surface area (Å²) in [5, 5.41) is 2.51. The maximum absolute atomic E-state index is 13.2. The molecule has 0 bridgehead atoms. The van der Waals surface area contributed by atoms with E-state index in [4.69, 9.17) is 26.0 Å². The second-order valence-electron chi connectivity index (χ2n) is 13.3. The predicted molar refractivity (Wildman–Crippen MR) is 187 cm³/mol. The summed E-state index contributed by atoms with van der Waals surface area (Å²) < 4.78 is 12.0. The number of piperazine rings is 1. The van der Waals surface area contributed by atoms with Gasteiger partial charge in [-0.2, -0.15) is 9.97 Å². The van der Waals surface area contributed by atoms with Gasteiger partial charge in [-0.25, -0.2) is 11.4 Å². The average Bonchev–Trinajstić information content (AvgIpc) is 3.54. The molecule has 1 amide bonds. The van der Waals surface area contributed by atoms with Gasteiger partial charge in [0.15, 0.2) is 0 Å². The number of carbonyl (C=O) groups is 1. The number of carbonyl (C=O) groups excluding carboxylic acids is 1. The van der Waals surface area contributed by atoms with Gasteiger partial charge in [-0.05, 0) is 55.9 Å². The first-order valence-corrected chi connectivity index (χ1v) is 17.0. The van der Waals surface area contributed by atoms with Crippen LogP contribution in [0.15, 0.2) is 66.7 Å². The van der Waals surface area contributed by atoms with E-state index in [1.54, 1.807) is 4.90 Å². The van der Waals surface area contributed by atoms with Gasteiger partial charge < -0.3 is 29.0 Å². The quantitative estimate of drug-likeness (QED) is 0.230. The number of ether oxygens (including phenoxy) is 2. The maximum atomic E-state index is 13.2. The van der Waals surface area contributed by atoms with E-state index in [0.717, 1.165) is 55.1 Å². The van der Waals surface area contributed by atoms with E-state index in [-0.39, 0.29) is 25.3 Å². The van der Waals surface area contributed by atoms with Crippen molar-refractivity contribution >= 4 is 28.4 Å². The highest BCUT2D eigenvalue weighted by Gasteiger charge is 2.36. The van der Waals surface area contributed by atoms with Crippen LogP contribution >= 0.6 is 0 Å². The average molecular weight is 646 g/mol. The zero-order valence-electron chi connectivity index (χ0n) is 27.8. The number of rotatable bonds is 8. The van der Waals surface area contributed by atoms with Crippen LogP contribution in [0.2, 0.25) is 0 Å². The highest BCUT2D eigenvalue weighted by molar-refractivity contribution is 5.97. The predicted octanol–water partition coefficient (Wildman–Crippen LogP) is 5.58.